The van der Waals surface area contributed by atoms with E-state index in [4.69, 9.17) is 5.11 Å². The first kappa shape index (κ1) is 14.5. The van der Waals surface area contributed by atoms with Gasteiger partial charge in [0, 0.05) is 19.9 Å². The first-order valence-corrected chi connectivity index (χ1v) is 6.79. The number of anilines is 1. The van der Waals surface area contributed by atoms with Gasteiger partial charge >= 0.3 is 5.97 Å². The number of thiophene rings is 1. The van der Waals surface area contributed by atoms with E-state index in [1.54, 1.807) is 6.07 Å². The Kier molecular flexibility index (Phi) is 4.05. The highest BCUT2D eigenvalue weighted by molar-refractivity contribution is 7.18. The van der Waals surface area contributed by atoms with Gasteiger partial charge < -0.3 is 20.4 Å². The fourth-order valence-corrected chi connectivity index (χ4v) is 3.02. The van der Waals surface area contributed by atoms with Crippen molar-refractivity contribution in [2.24, 2.45) is 0 Å². The number of β-amino-alcohol motifs (C(OH)–C–C–N with tert-alkyl or cyclic N) is 1. The van der Waals surface area contributed by atoms with Crippen LogP contribution in [0, 0.1) is 0 Å². The zero-order valence-corrected chi connectivity index (χ0v) is 11.5. The van der Waals surface area contributed by atoms with Crippen LogP contribution < -0.4 is 5.32 Å². The lowest BCUT2D eigenvalue weighted by molar-refractivity contribution is -0.141. The molecule has 20 heavy (non-hydrogen) atoms. The minimum absolute atomic E-state index is 0.00315. The van der Waals surface area contributed by atoms with Crippen molar-refractivity contribution in [1.29, 1.82) is 0 Å². The Hall–Kier alpha value is -1.93. The number of carbonyl (C=O) groups is 3. The molecule has 8 heteroatoms. The van der Waals surface area contributed by atoms with Crippen molar-refractivity contribution < 1.29 is 24.6 Å². The third-order valence-corrected chi connectivity index (χ3v) is 3.93. The number of likely N-dealkylation sites (tertiary alicyclic amines) is 1. The van der Waals surface area contributed by atoms with E-state index in [2.05, 4.69) is 5.32 Å². The topological polar surface area (TPSA) is 107 Å². The number of carboxylic acids is 1. The van der Waals surface area contributed by atoms with Crippen molar-refractivity contribution in [2.45, 2.75) is 25.5 Å². The number of aliphatic hydroxyl groups excluding tert-OH is 1. The van der Waals surface area contributed by atoms with E-state index < -0.39 is 24.0 Å². The molecule has 1 aromatic heterocycles. The Morgan fingerprint density at radius 2 is 2.10 bits per heavy atom. The number of nitrogens with zero attached hydrogens (tertiary/aromatic N) is 1. The van der Waals surface area contributed by atoms with Crippen LogP contribution in [0.1, 0.15) is 23.0 Å². The molecule has 3 N–H and O–H groups in total. The van der Waals surface area contributed by atoms with E-state index in [1.165, 1.54) is 13.0 Å². The average Bonchev–Trinajstić information content (AvgIpc) is 2.94. The molecule has 0 spiro atoms. The van der Waals surface area contributed by atoms with Crippen molar-refractivity contribution in [3.8, 4) is 0 Å². The SMILES string of the molecule is CC(=O)Nc1ccc(C(=O)N2CC(O)CC2C(=O)O)s1. The Morgan fingerprint density at radius 1 is 1.40 bits per heavy atom. The maximum atomic E-state index is 12.3. The van der Waals surface area contributed by atoms with Gasteiger partial charge in [0.1, 0.15) is 6.04 Å². The van der Waals surface area contributed by atoms with Crippen LogP contribution in [0.2, 0.25) is 0 Å². The normalized spacial score (nSPS) is 21.8. The predicted molar refractivity (Wildman–Crippen MR) is 71.7 cm³/mol. The minimum atomic E-state index is -1.13. The average molecular weight is 298 g/mol. The number of rotatable bonds is 3. The van der Waals surface area contributed by atoms with E-state index in [-0.39, 0.29) is 18.9 Å². The molecule has 1 saturated heterocycles. The Labute approximate surface area is 118 Å². The molecule has 0 bridgehead atoms. The van der Waals surface area contributed by atoms with Gasteiger partial charge in [0.25, 0.3) is 5.91 Å². The molecule has 7 nitrogen and oxygen atoms in total. The summed E-state index contributed by atoms with van der Waals surface area (Å²) < 4.78 is 0. The molecule has 2 rings (SSSR count). The molecule has 2 unspecified atom stereocenters. The Bertz CT molecular complexity index is 556. The fraction of sp³-hybridized carbons (Fsp3) is 0.417. The monoisotopic (exact) mass is 298 g/mol. The lowest BCUT2D eigenvalue weighted by atomic mass is 10.2. The van der Waals surface area contributed by atoms with Crippen LogP contribution >= 0.6 is 11.3 Å². The summed E-state index contributed by atoms with van der Waals surface area (Å²) in [5.41, 5.74) is 0. The largest absolute Gasteiger partial charge is 0.480 e. The second-order valence-electron chi connectivity index (χ2n) is 4.55. The predicted octanol–water partition coefficient (Wildman–Crippen LogP) is 0.366. The number of amides is 2. The molecule has 2 heterocycles. The van der Waals surface area contributed by atoms with Gasteiger partial charge in [-0.25, -0.2) is 4.79 Å². The van der Waals surface area contributed by atoms with E-state index >= 15 is 0 Å². The van der Waals surface area contributed by atoms with Crippen molar-refractivity contribution in [2.75, 3.05) is 11.9 Å². The van der Waals surface area contributed by atoms with Gasteiger partial charge in [-0.15, -0.1) is 11.3 Å². The summed E-state index contributed by atoms with van der Waals surface area (Å²) >= 11 is 1.07. The third kappa shape index (κ3) is 2.97. The van der Waals surface area contributed by atoms with Crippen molar-refractivity contribution in [3.63, 3.8) is 0 Å². The number of hydrogen-bond donors (Lipinski definition) is 3. The molecular weight excluding hydrogens is 284 g/mol. The molecule has 0 aromatic carbocycles. The van der Waals surface area contributed by atoms with Crippen LogP contribution in [0.15, 0.2) is 12.1 Å². The van der Waals surface area contributed by atoms with Gasteiger partial charge in [-0.1, -0.05) is 0 Å². The number of aliphatic hydroxyl groups is 1. The van der Waals surface area contributed by atoms with Crippen LogP contribution in [-0.2, 0) is 9.59 Å². The first-order valence-electron chi connectivity index (χ1n) is 5.97. The summed E-state index contributed by atoms with van der Waals surface area (Å²) in [5, 5.41) is 21.7. The lowest BCUT2D eigenvalue weighted by Crippen LogP contribution is -2.40. The number of hydrogen-bond acceptors (Lipinski definition) is 5. The van der Waals surface area contributed by atoms with E-state index in [9.17, 15) is 19.5 Å². The fourth-order valence-electron chi connectivity index (χ4n) is 2.11. The zero-order chi connectivity index (χ0) is 14.9. The summed E-state index contributed by atoms with van der Waals surface area (Å²) in [7, 11) is 0. The third-order valence-electron chi connectivity index (χ3n) is 2.94. The number of carbonyl (C=O) groups excluding carboxylic acids is 2. The summed E-state index contributed by atoms with van der Waals surface area (Å²) in [6, 6.07) is 2.10. The van der Waals surface area contributed by atoms with Crippen molar-refractivity contribution in [1.82, 2.24) is 4.90 Å². The molecule has 2 amide bonds. The summed E-state index contributed by atoms with van der Waals surface area (Å²) in [4.78, 5) is 35.7. The van der Waals surface area contributed by atoms with Crippen LogP contribution in [0.25, 0.3) is 0 Å². The van der Waals surface area contributed by atoms with Crippen LogP contribution in [0.5, 0.6) is 0 Å². The molecule has 1 aliphatic heterocycles. The van der Waals surface area contributed by atoms with Gasteiger partial charge in [-0.3, -0.25) is 9.59 Å². The lowest BCUT2D eigenvalue weighted by Gasteiger charge is -2.20. The Balaban J connectivity index is 2.16. The van der Waals surface area contributed by atoms with Gasteiger partial charge in [0.15, 0.2) is 0 Å². The highest BCUT2D eigenvalue weighted by Gasteiger charge is 2.39. The van der Waals surface area contributed by atoms with Gasteiger partial charge in [-0.2, -0.15) is 0 Å². The van der Waals surface area contributed by atoms with Gasteiger partial charge in [0.05, 0.1) is 16.0 Å². The zero-order valence-electron chi connectivity index (χ0n) is 10.7. The summed E-state index contributed by atoms with van der Waals surface area (Å²) in [6.45, 7) is 1.36. The molecule has 0 saturated carbocycles. The molecule has 108 valence electrons. The quantitative estimate of drug-likeness (QED) is 0.747. The first-order chi connectivity index (χ1) is 9.38. The second kappa shape index (κ2) is 5.59. The van der Waals surface area contributed by atoms with Crippen LogP contribution in [-0.4, -0.2) is 51.6 Å². The molecule has 1 fully saturated rings. The van der Waals surface area contributed by atoms with Crippen LogP contribution in [0.4, 0.5) is 5.00 Å². The van der Waals surface area contributed by atoms with Gasteiger partial charge in [-0.05, 0) is 12.1 Å². The molecular formula is C12H14N2O5S. The molecule has 1 aliphatic rings. The maximum Gasteiger partial charge on any atom is 0.326 e. The number of aliphatic carboxylic acids is 1. The highest BCUT2D eigenvalue weighted by atomic mass is 32.1. The number of nitrogens with one attached hydrogen (secondary N) is 1. The molecule has 0 radical (unpaired) electrons. The minimum Gasteiger partial charge on any atom is -0.480 e. The maximum absolute atomic E-state index is 12.3. The van der Waals surface area contributed by atoms with Gasteiger partial charge in [0.2, 0.25) is 5.91 Å². The molecule has 2 atom stereocenters. The Morgan fingerprint density at radius 3 is 2.70 bits per heavy atom. The number of carboxylic acid groups (broad SMARTS) is 1. The second-order valence-corrected chi connectivity index (χ2v) is 5.63. The molecule has 1 aromatic rings. The molecule has 0 aliphatic carbocycles. The van der Waals surface area contributed by atoms with E-state index in [0.29, 0.717) is 9.88 Å². The van der Waals surface area contributed by atoms with E-state index in [1.807, 2.05) is 0 Å². The smallest absolute Gasteiger partial charge is 0.326 e. The van der Waals surface area contributed by atoms with E-state index in [0.717, 1.165) is 16.2 Å². The summed E-state index contributed by atoms with van der Waals surface area (Å²) in [5.74, 6) is -1.82. The summed E-state index contributed by atoms with van der Waals surface area (Å²) in [6.07, 6.45) is -0.791. The standard InChI is InChI=1S/C12H14N2O5S/c1-6(15)13-10-3-2-9(20-10)11(17)14-5-7(16)4-8(14)12(18)19/h2-3,7-8,16H,4-5H2,1H3,(H,13,15)(H,18,19). The van der Waals surface area contributed by atoms with Crippen LogP contribution in [0.3, 0.4) is 0 Å². The van der Waals surface area contributed by atoms with Crippen molar-refractivity contribution >= 4 is 34.1 Å². The highest BCUT2D eigenvalue weighted by Crippen LogP contribution is 2.27. The van der Waals surface area contributed by atoms with Crippen molar-refractivity contribution in [3.05, 3.63) is 17.0 Å².